The molecule has 1 aromatic heterocycles. The minimum atomic E-state index is 0.171. The Morgan fingerprint density at radius 2 is 1.90 bits per heavy atom. The van der Waals surface area contributed by atoms with Crippen molar-refractivity contribution in [3.63, 3.8) is 0 Å². The first-order chi connectivity index (χ1) is 15.1. The lowest BCUT2D eigenvalue weighted by molar-refractivity contribution is -0.126. The maximum atomic E-state index is 12.1. The Balaban J connectivity index is 1.36. The normalized spacial score (nSPS) is 17.5. The Hall–Kier alpha value is -2.82. The third-order valence-corrected chi connectivity index (χ3v) is 6.50. The molecule has 1 saturated heterocycles. The van der Waals surface area contributed by atoms with E-state index in [9.17, 15) is 4.79 Å². The van der Waals surface area contributed by atoms with Crippen molar-refractivity contribution in [2.24, 2.45) is 0 Å². The summed E-state index contributed by atoms with van der Waals surface area (Å²) in [6.07, 6.45) is 3.68. The molecule has 0 bridgehead atoms. The van der Waals surface area contributed by atoms with Crippen LogP contribution in [0, 0.1) is 0 Å². The van der Waals surface area contributed by atoms with Gasteiger partial charge < -0.3 is 14.2 Å². The van der Waals surface area contributed by atoms with Gasteiger partial charge in [-0.3, -0.25) is 4.79 Å². The standard InChI is InChI=1S/C26H33N3O2/c1-4-19(2)20-11-13-22(14-12-20)31-16-8-7-15-29-24-10-6-5-9-23(24)27-26(29)21-17-25(30)28(3)18-21/h5-6,9-14,19,21H,4,7-8,15-18H2,1-3H3. The van der Waals surface area contributed by atoms with Gasteiger partial charge in [-0.15, -0.1) is 0 Å². The molecule has 2 aromatic carbocycles. The van der Waals surface area contributed by atoms with Crippen LogP contribution in [0.15, 0.2) is 48.5 Å². The van der Waals surface area contributed by atoms with E-state index in [2.05, 4.69) is 60.9 Å². The van der Waals surface area contributed by atoms with E-state index in [4.69, 9.17) is 9.72 Å². The Morgan fingerprint density at radius 1 is 1.13 bits per heavy atom. The number of imidazole rings is 1. The molecule has 0 spiro atoms. The zero-order valence-corrected chi connectivity index (χ0v) is 18.9. The quantitative estimate of drug-likeness (QED) is 0.439. The molecule has 2 unspecified atom stereocenters. The van der Waals surface area contributed by atoms with Gasteiger partial charge in [0, 0.05) is 32.5 Å². The number of likely N-dealkylation sites (tertiary alicyclic amines) is 1. The third-order valence-electron chi connectivity index (χ3n) is 6.50. The van der Waals surface area contributed by atoms with Crippen molar-refractivity contribution < 1.29 is 9.53 Å². The molecule has 1 aliphatic rings. The van der Waals surface area contributed by atoms with E-state index >= 15 is 0 Å². The van der Waals surface area contributed by atoms with E-state index in [0.29, 0.717) is 18.9 Å². The summed E-state index contributed by atoms with van der Waals surface area (Å²) in [4.78, 5) is 18.8. The van der Waals surface area contributed by atoms with E-state index in [-0.39, 0.29) is 11.8 Å². The van der Waals surface area contributed by atoms with E-state index in [0.717, 1.165) is 55.0 Å². The van der Waals surface area contributed by atoms with Gasteiger partial charge in [-0.25, -0.2) is 4.98 Å². The predicted molar refractivity (Wildman–Crippen MR) is 125 cm³/mol. The summed E-state index contributed by atoms with van der Waals surface area (Å²) in [6.45, 7) is 6.81. The topological polar surface area (TPSA) is 47.4 Å². The molecule has 1 fully saturated rings. The SMILES string of the molecule is CCC(C)c1ccc(OCCCCn2c(C3CC(=O)N(C)C3)nc3ccccc32)cc1. The maximum Gasteiger partial charge on any atom is 0.223 e. The summed E-state index contributed by atoms with van der Waals surface area (Å²) in [5.41, 5.74) is 3.53. The Labute approximate surface area is 185 Å². The largest absolute Gasteiger partial charge is 0.494 e. The molecule has 4 rings (SSSR count). The zero-order chi connectivity index (χ0) is 21.8. The molecule has 2 heterocycles. The van der Waals surface area contributed by atoms with Gasteiger partial charge in [-0.05, 0) is 55.0 Å². The average Bonchev–Trinajstić information content (AvgIpc) is 3.33. The third kappa shape index (κ3) is 4.76. The van der Waals surface area contributed by atoms with Crippen LogP contribution in [-0.2, 0) is 11.3 Å². The summed E-state index contributed by atoms with van der Waals surface area (Å²) in [5.74, 6) is 2.94. The molecule has 1 amide bonds. The van der Waals surface area contributed by atoms with Crippen molar-refractivity contribution in [3.8, 4) is 5.75 Å². The molecule has 3 aromatic rings. The lowest BCUT2D eigenvalue weighted by Gasteiger charge is -2.14. The van der Waals surface area contributed by atoms with Crippen LogP contribution in [0.5, 0.6) is 5.75 Å². The lowest BCUT2D eigenvalue weighted by Crippen LogP contribution is -2.19. The minimum Gasteiger partial charge on any atom is -0.494 e. The molecule has 0 aliphatic carbocycles. The number of rotatable bonds is 9. The monoisotopic (exact) mass is 419 g/mol. The zero-order valence-electron chi connectivity index (χ0n) is 18.9. The number of fused-ring (bicyclic) bond motifs is 1. The number of amides is 1. The molecule has 164 valence electrons. The fourth-order valence-corrected chi connectivity index (χ4v) is 4.37. The number of carbonyl (C=O) groups excluding carboxylic acids is 1. The number of aromatic nitrogens is 2. The second kappa shape index (κ2) is 9.54. The van der Waals surface area contributed by atoms with Crippen LogP contribution < -0.4 is 4.74 Å². The number of likely N-dealkylation sites (N-methyl/N-ethyl adjacent to an activating group) is 1. The minimum absolute atomic E-state index is 0.171. The van der Waals surface area contributed by atoms with Crippen molar-refractivity contribution in [2.45, 2.75) is 57.9 Å². The van der Waals surface area contributed by atoms with E-state index in [1.54, 1.807) is 0 Å². The summed E-state index contributed by atoms with van der Waals surface area (Å²) in [6, 6.07) is 16.8. The first kappa shape index (κ1) is 21.4. The van der Waals surface area contributed by atoms with Gasteiger partial charge in [-0.1, -0.05) is 38.1 Å². The predicted octanol–water partition coefficient (Wildman–Crippen LogP) is 5.35. The molecule has 0 saturated carbocycles. The van der Waals surface area contributed by atoms with E-state index in [1.165, 1.54) is 5.56 Å². The number of hydrogen-bond acceptors (Lipinski definition) is 3. The molecule has 2 atom stereocenters. The molecular weight excluding hydrogens is 386 g/mol. The van der Waals surface area contributed by atoms with Gasteiger partial charge in [-0.2, -0.15) is 0 Å². The second-order valence-electron chi connectivity index (χ2n) is 8.72. The average molecular weight is 420 g/mol. The number of benzene rings is 2. The van der Waals surface area contributed by atoms with Crippen LogP contribution in [0.1, 0.15) is 62.8 Å². The Bertz CT molecular complexity index is 1020. The van der Waals surface area contributed by atoms with Crippen LogP contribution in [0.3, 0.4) is 0 Å². The number of para-hydroxylation sites is 2. The Kier molecular flexibility index (Phi) is 6.59. The highest BCUT2D eigenvalue weighted by molar-refractivity contribution is 5.80. The lowest BCUT2D eigenvalue weighted by atomic mass is 9.99. The smallest absolute Gasteiger partial charge is 0.223 e. The number of carbonyl (C=O) groups is 1. The molecule has 0 N–H and O–H groups in total. The fraction of sp³-hybridized carbons (Fsp3) is 0.462. The molecular formula is C26H33N3O2. The highest BCUT2D eigenvalue weighted by Crippen LogP contribution is 2.30. The molecule has 31 heavy (non-hydrogen) atoms. The number of ether oxygens (including phenoxy) is 1. The molecule has 5 heteroatoms. The number of aryl methyl sites for hydroxylation is 1. The van der Waals surface area contributed by atoms with Crippen LogP contribution in [0.4, 0.5) is 0 Å². The highest BCUT2D eigenvalue weighted by Gasteiger charge is 2.31. The number of hydrogen-bond donors (Lipinski definition) is 0. The van der Waals surface area contributed by atoms with Gasteiger partial charge in [0.1, 0.15) is 11.6 Å². The van der Waals surface area contributed by atoms with Crippen LogP contribution in [0.25, 0.3) is 11.0 Å². The van der Waals surface area contributed by atoms with E-state index < -0.39 is 0 Å². The summed E-state index contributed by atoms with van der Waals surface area (Å²) in [7, 11) is 1.88. The van der Waals surface area contributed by atoms with Gasteiger partial charge >= 0.3 is 0 Å². The van der Waals surface area contributed by atoms with Gasteiger partial charge in [0.15, 0.2) is 0 Å². The summed E-state index contributed by atoms with van der Waals surface area (Å²) in [5, 5.41) is 0. The van der Waals surface area contributed by atoms with Gasteiger partial charge in [0.05, 0.1) is 17.6 Å². The first-order valence-electron chi connectivity index (χ1n) is 11.5. The highest BCUT2D eigenvalue weighted by atomic mass is 16.5. The van der Waals surface area contributed by atoms with Gasteiger partial charge in [0.25, 0.3) is 0 Å². The second-order valence-corrected chi connectivity index (χ2v) is 8.72. The molecule has 1 aliphatic heterocycles. The van der Waals surface area contributed by atoms with Crippen molar-refractivity contribution in [2.75, 3.05) is 20.2 Å². The van der Waals surface area contributed by atoms with Crippen LogP contribution >= 0.6 is 0 Å². The summed E-state index contributed by atoms with van der Waals surface area (Å²) >= 11 is 0. The van der Waals surface area contributed by atoms with E-state index in [1.807, 2.05) is 18.0 Å². The number of unbranched alkanes of at least 4 members (excludes halogenated alkanes) is 1. The van der Waals surface area contributed by atoms with Crippen molar-refractivity contribution in [1.29, 1.82) is 0 Å². The number of nitrogens with zero attached hydrogens (tertiary/aromatic N) is 3. The van der Waals surface area contributed by atoms with Crippen molar-refractivity contribution in [1.82, 2.24) is 14.5 Å². The van der Waals surface area contributed by atoms with Crippen LogP contribution in [-0.4, -0.2) is 40.6 Å². The Morgan fingerprint density at radius 3 is 2.61 bits per heavy atom. The van der Waals surface area contributed by atoms with Crippen LogP contribution in [0.2, 0.25) is 0 Å². The molecule has 0 radical (unpaired) electrons. The van der Waals surface area contributed by atoms with Crippen molar-refractivity contribution >= 4 is 16.9 Å². The molecule has 5 nitrogen and oxygen atoms in total. The van der Waals surface area contributed by atoms with Crippen molar-refractivity contribution in [3.05, 3.63) is 59.9 Å². The maximum absolute atomic E-state index is 12.1. The van der Waals surface area contributed by atoms with Gasteiger partial charge in [0.2, 0.25) is 5.91 Å². The fourth-order valence-electron chi connectivity index (χ4n) is 4.37. The summed E-state index contributed by atoms with van der Waals surface area (Å²) < 4.78 is 8.28. The first-order valence-corrected chi connectivity index (χ1v) is 11.5.